The van der Waals surface area contributed by atoms with Crippen LogP contribution in [0.3, 0.4) is 0 Å². The molecule has 8 heteroatoms. The predicted molar refractivity (Wildman–Crippen MR) is 127 cm³/mol. The SMILES string of the molecule is Cc1cc(C)c(S(=O)(=O)Nc2ccc([C@@H]3SCC(=O)N3c3ccc(F)cc3)cc2)c(C)c1. The van der Waals surface area contributed by atoms with Crippen molar-refractivity contribution in [2.75, 3.05) is 15.4 Å². The van der Waals surface area contributed by atoms with Crippen LogP contribution in [0.25, 0.3) is 0 Å². The Balaban J connectivity index is 1.58. The molecule has 1 N–H and O–H groups in total. The van der Waals surface area contributed by atoms with Gasteiger partial charge >= 0.3 is 0 Å². The van der Waals surface area contributed by atoms with Gasteiger partial charge in [-0.1, -0.05) is 29.8 Å². The van der Waals surface area contributed by atoms with Gasteiger partial charge in [-0.2, -0.15) is 0 Å². The normalized spacial score (nSPS) is 16.4. The summed E-state index contributed by atoms with van der Waals surface area (Å²) in [6.07, 6.45) is 0. The Hall–Kier alpha value is -2.84. The second kappa shape index (κ2) is 8.60. The first-order valence-electron chi connectivity index (χ1n) is 10.1. The average Bonchev–Trinajstić information content (AvgIpc) is 3.09. The summed E-state index contributed by atoms with van der Waals surface area (Å²) in [5, 5.41) is -0.264. The van der Waals surface area contributed by atoms with E-state index >= 15 is 0 Å². The highest BCUT2D eigenvalue weighted by Crippen LogP contribution is 2.42. The van der Waals surface area contributed by atoms with Crippen LogP contribution in [0.4, 0.5) is 15.8 Å². The number of carbonyl (C=O) groups is 1. The number of rotatable bonds is 5. The van der Waals surface area contributed by atoms with Crippen LogP contribution >= 0.6 is 11.8 Å². The van der Waals surface area contributed by atoms with Gasteiger partial charge in [0, 0.05) is 11.4 Å². The molecule has 0 spiro atoms. The van der Waals surface area contributed by atoms with E-state index in [2.05, 4.69) is 4.72 Å². The van der Waals surface area contributed by atoms with E-state index in [0.29, 0.717) is 28.3 Å². The van der Waals surface area contributed by atoms with Gasteiger partial charge in [0.15, 0.2) is 0 Å². The smallest absolute Gasteiger partial charge is 0.262 e. The topological polar surface area (TPSA) is 66.5 Å². The Morgan fingerprint density at radius 2 is 1.56 bits per heavy atom. The van der Waals surface area contributed by atoms with Crippen LogP contribution in [0, 0.1) is 26.6 Å². The molecule has 0 saturated carbocycles. The molecule has 1 amide bonds. The number of hydrogen-bond acceptors (Lipinski definition) is 4. The second-order valence-electron chi connectivity index (χ2n) is 7.86. The van der Waals surface area contributed by atoms with Crippen molar-refractivity contribution in [3.8, 4) is 0 Å². The van der Waals surface area contributed by atoms with Gasteiger partial charge in [-0.25, -0.2) is 12.8 Å². The molecule has 1 fully saturated rings. The van der Waals surface area contributed by atoms with Crippen molar-refractivity contribution >= 4 is 39.1 Å². The highest BCUT2D eigenvalue weighted by Gasteiger charge is 2.34. The van der Waals surface area contributed by atoms with Gasteiger partial charge in [-0.15, -0.1) is 11.8 Å². The monoisotopic (exact) mass is 470 g/mol. The van der Waals surface area contributed by atoms with E-state index in [1.54, 1.807) is 55.1 Å². The fourth-order valence-corrected chi connectivity index (χ4v) is 6.76. The van der Waals surface area contributed by atoms with Crippen LogP contribution in [0.5, 0.6) is 0 Å². The molecule has 0 bridgehead atoms. The molecular formula is C24H23FN2O3S2. The number of sulfonamides is 1. The van der Waals surface area contributed by atoms with Crippen LogP contribution in [0.1, 0.15) is 27.6 Å². The van der Waals surface area contributed by atoms with Gasteiger partial charge in [0.1, 0.15) is 11.2 Å². The third kappa shape index (κ3) is 4.38. The molecule has 166 valence electrons. The van der Waals surface area contributed by atoms with E-state index in [1.165, 1.54) is 23.9 Å². The Morgan fingerprint density at radius 1 is 0.969 bits per heavy atom. The lowest BCUT2D eigenvalue weighted by molar-refractivity contribution is -0.115. The van der Waals surface area contributed by atoms with Crippen molar-refractivity contribution in [1.82, 2.24) is 0 Å². The molecular weight excluding hydrogens is 447 g/mol. The van der Waals surface area contributed by atoms with Gasteiger partial charge in [0.05, 0.1) is 10.6 Å². The molecule has 0 aromatic heterocycles. The molecule has 5 nitrogen and oxygen atoms in total. The van der Waals surface area contributed by atoms with E-state index in [9.17, 15) is 17.6 Å². The number of carbonyl (C=O) groups excluding carboxylic acids is 1. The highest BCUT2D eigenvalue weighted by atomic mass is 32.2. The minimum atomic E-state index is -3.75. The summed E-state index contributed by atoms with van der Waals surface area (Å²) >= 11 is 1.48. The maximum absolute atomic E-state index is 13.3. The molecule has 1 aliphatic heterocycles. The Kier molecular flexibility index (Phi) is 6.01. The van der Waals surface area contributed by atoms with Crippen molar-refractivity contribution in [3.63, 3.8) is 0 Å². The lowest BCUT2D eigenvalue weighted by Gasteiger charge is -2.24. The number of anilines is 2. The number of benzene rings is 3. The van der Waals surface area contributed by atoms with Crippen LogP contribution < -0.4 is 9.62 Å². The minimum absolute atomic E-state index is 0.0540. The first-order chi connectivity index (χ1) is 15.2. The predicted octanol–water partition coefficient (Wildman–Crippen LogP) is 5.33. The van der Waals surface area contributed by atoms with Gasteiger partial charge in [0.25, 0.3) is 10.0 Å². The maximum Gasteiger partial charge on any atom is 0.262 e. The summed E-state index contributed by atoms with van der Waals surface area (Å²) in [5.41, 5.74) is 4.33. The minimum Gasteiger partial charge on any atom is -0.295 e. The summed E-state index contributed by atoms with van der Waals surface area (Å²) in [5.74, 6) is -0.0930. The van der Waals surface area contributed by atoms with Crippen molar-refractivity contribution < 1.29 is 17.6 Å². The quantitative estimate of drug-likeness (QED) is 0.547. The number of aryl methyl sites for hydroxylation is 3. The van der Waals surface area contributed by atoms with Gasteiger partial charge in [-0.3, -0.25) is 14.4 Å². The van der Waals surface area contributed by atoms with E-state index in [0.717, 1.165) is 11.1 Å². The zero-order valence-electron chi connectivity index (χ0n) is 17.9. The molecule has 32 heavy (non-hydrogen) atoms. The largest absolute Gasteiger partial charge is 0.295 e. The lowest BCUT2D eigenvalue weighted by Crippen LogP contribution is -2.27. The summed E-state index contributed by atoms with van der Waals surface area (Å²) < 4.78 is 42.0. The molecule has 1 heterocycles. The van der Waals surface area contributed by atoms with Crippen LogP contribution in [0.15, 0.2) is 65.6 Å². The van der Waals surface area contributed by atoms with Gasteiger partial charge < -0.3 is 0 Å². The number of amides is 1. The third-order valence-corrected chi connectivity index (χ3v) is 8.19. The first-order valence-corrected chi connectivity index (χ1v) is 12.6. The number of halogens is 1. The van der Waals surface area contributed by atoms with Crippen molar-refractivity contribution in [3.05, 3.63) is 88.7 Å². The van der Waals surface area contributed by atoms with Gasteiger partial charge in [-0.05, 0) is 73.9 Å². The number of thioether (sulfide) groups is 1. The summed E-state index contributed by atoms with van der Waals surface area (Å²) in [7, 11) is -3.75. The highest BCUT2D eigenvalue weighted by molar-refractivity contribution is 8.00. The zero-order valence-corrected chi connectivity index (χ0v) is 19.6. The zero-order chi connectivity index (χ0) is 23.0. The fourth-order valence-electron chi connectivity index (χ4n) is 4.06. The first kappa shape index (κ1) is 22.4. The second-order valence-corrected chi connectivity index (χ2v) is 10.5. The molecule has 3 aromatic rings. The standard InChI is InChI=1S/C24H23FN2O3S2/c1-15-12-16(2)23(17(3)13-15)32(29,30)26-20-8-4-18(5-9-20)24-27(22(28)14-31-24)21-10-6-19(25)7-11-21/h4-13,24,26H,14H2,1-3H3/t24-/m0/s1. The van der Waals surface area contributed by atoms with Crippen molar-refractivity contribution in [2.45, 2.75) is 31.0 Å². The summed E-state index contributed by atoms with van der Waals surface area (Å²) in [6.45, 7) is 5.51. The number of nitrogens with one attached hydrogen (secondary N) is 1. The van der Waals surface area contributed by atoms with E-state index in [4.69, 9.17) is 0 Å². The molecule has 1 aliphatic rings. The van der Waals surface area contributed by atoms with Crippen molar-refractivity contribution in [1.29, 1.82) is 0 Å². The molecule has 0 radical (unpaired) electrons. The van der Waals surface area contributed by atoms with E-state index in [-0.39, 0.29) is 22.0 Å². The molecule has 1 saturated heterocycles. The Bertz CT molecular complexity index is 1250. The van der Waals surface area contributed by atoms with E-state index in [1.807, 2.05) is 19.1 Å². The van der Waals surface area contributed by atoms with Crippen LogP contribution in [-0.4, -0.2) is 20.1 Å². The van der Waals surface area contributed by atoms with Crippen molar-refractivity contribution in [2.24, 2.45) is 0 Å². The average molecular weight is 471 g/mol. The number of hydrogen-bond donors (Lipinski definition) is 1. The van der Waals surface area contributed by atoms with Crippen LogP contribution in [0.2, 0.25) is 0 Å². The molecule has 0 aliphatic carbocycles. The Morgan fingerprint density at radius 3 is 2.16 bits per heavy atom. The maximum atomic E-state index is 13.3. The lowest BCUT2D eigenvalue weighted by atomic mass is 10.1. The van der Waals surface area contributed by atoms with Crippen LogP contribution in [-0.2, 0) is 14.8 Å². The third-order valence-electron chi connectivity index (χ3n) is 5.29. The van der Waals surface area contributed by atoms with Gasteiger partial charge in [0.2, 0.25) is 5.91 Å². The molecule has 1 atom stereocenters. The molecule has 4 rings (SSSR count). The number of nitrogens with zero attached hydrogens (tertiary/aromatic N) is 1. The Labute approximate surface area is 191 Å². The van der Waals surface area contributed by atoms with E-state index < -0.39 is 10.0 Å². The summed E-state index contributed by atoms with van der Waals surface area (Å²) in [6, 6.07) is 16.5. The summed E-state index contributed by atoms with van der Waals surface area (Å²) in [4.78, 5) is 14.4. The molecule has 3 aromatic carbocycles. The molecule has 0 unspecified atom stereocenters. The fraction of sp³-hybridized carbons (Fsp3) is 0.208.